The Hall–Kier alpha value is -0.593. The standard InChI is InChI=1S/C11H25NO4Si/c1-5-14-11(13)12-9-8-10(4)17(15-6-2)16-7-3/h10,17H,5-9H2,1-4H3,(H,12,13). The van der Waals surface area contributed by atoms with Crippen LogP contribution in [0.5, 0.6) is 0 Å². The molecule has 0 aliphatic heterocycles. The van der Waals surface area contributed by atoms with E-state index < -0.39 is 9.28 Å². The number of hydrogen-bond acceptors (Lipinski definition) is 4. The van der Waals surface area contributed by atoms with Crippen molar-refractivity contribution in [2.75, 3.05) is 26.4 Å². The molecule has 0 radical (unpaired) electrons. The number of carbonyl (C=O) groups excluding carboxylic acids is 1. The molecular weight excluding hydrogens is 238 g/mol. The number of ether oxygens (including phenoxy) is 1. The molecule has 17 heavy (non-hydrogen) atoms. The Morgan fingerprint density at radius 1 is 1.18 bits per heavy atom. The van der Waals surface area contributed by atoms with Crippen LogP contribution in [0.1, 0.15) is 34.1 Å². The first-order valence-electron chi connectivity index (χ1n) is 6.29. The molecule has 0 saturated heterocycles. The fourth-order valence-electron chi connectivity index (χ4n) is 1.43. The largest absolute Gasteiger partial charge is 0.450 e. The van der Waals surface area contributed by atoms with Gasteiger partial charge < -0.3 is 18.9 Å². The second-order valence-electron chi connectivity index (χ2n) is 3.69. The van der Waals surface area contributed by atoms with E-state index in [4.69, 9.17) is 13.6 Å². The maximum atomic E-state index is 11.1. The van der Waals surface area contributed by atoms with Crippen LogP contribution in [0.15, 0.2) is 0 Å². The third-order valence-electron chi connectivity index (χ3n) is 2.27. The Morgan fingerprint density at radius 3 is 2.24 bits per heavy atom. The van der Waals surface area contributed by atoms with Crippen molar-refractivity contribution in [1.29, 1.82) is 0 Å². The van der Waals surface area contributed by atoms with E-state index in [1.54, 1.807) is 6.92 Å². The van der Waals surface area contributed by atoms with Crippen molar-refractivity contribution in [2.24, 2.45) is 0 Å². The molecule has 0 rings (SSSR count). The molecule has 6 heteroatoms. The van der Waals surface area contributed by atoms with Gasteiger partial charge in [0.05, 0.1) is 6.61 Å². The summed E-state index contributed by atoms with van der Waals surface area (Å²) in [6, 6.07) is 0. The van der Waals surface area contributed by atoms with Crippen molar-refractivity contribution in [3.05, 3.63) is 0 Å². The summed E-state index contributed by atoms with van der Waals surface area (Å²) in [4.78, 5) is 11.1. The van der Waals surface area contributed by atoms with Crippen LogP contribution in [0.3, 0.4) is 0 Å². The van der Waals surface area contributed by atoms with Gasteiger partial charge in [0.2, 0.25) is 0 Å². The van der Waals surface area contributed by atoms with E-state index in [0.29, 0.717) is 31.9 Å². The summed E-state index contributed by atoms with van der Waals surface area (Å²) in [5.41, 5.74) is 0.372. The van der Waals surface area contributed by atoms with Crippen LogP contribution in [-0.2, 0) is 13.6 Å². The molecule has 102 valence electrons. The highest BCUT2D eigenvalue weighted by Crippen LogP contribution is 2.15. The predicted molar refractivity (Wildman–Crippen MR) is 69.5 cm³/mol. The zero-order valence-corrected chi connectivity index (χ0v) is 12.5. The van der Waals surface area contributed by atoms with Gasteiger partial charge in [0, 0.05) is 19.8 Å². The highest BCUT2D eigenvalue weighted by Gasteiger charge is 2.21. The molecule has 1 amide bonds. The average molecular weight is 263 g/mol. The molecule has 0 aliphatic carbocycles. The van der Waals surface area contributed by atoms with Crippen LogP contribution in [0.4, 0.5) is 4.79 Å². The van der Waals surface area contributed by atoms with Gasteiger partial charge in [-0.25, -0.2) is 4.79 Å². The van der Waals surface area contributed by atoms with Crippen LogP contribution in [0, 0.1) is 0 Å². The zero-order valence-electron chi connectivity index (χ0n) is 11.3. The molecule has 1 atom stereocenters. The van der Waals surface area contributed by atoms with E-state index in [2.05, 4.69) is 12.2 Å². The average Bonchev–Trinajstić information content (AvgIpc) is 2.29. The lowest BCUT2D eigenvalue weighted by Gasteiger charge is -2.21. The van der Waals surface area contributed by atoms with Crippen LogP contribution in [0.2, 0.25) is 5.54 Å². The molecule has 5 nitrogen and oxygen atoms in total. The maximum Gasteiger partial charge on any atom is 0.407 e. The van der Waals surface area contributed by atoms with Gasteiger partial charge in [0.25, 0.3) is 0 Å². The van der Waals surface area contributed by atoms with Gasteiger partial charge in [0.1, 0.15) is 0 Å². The molecule has 0 aromatic carbocycles. The fourth-order valence-corrected chi connectivity index (χ4v) is 3.27. The molecular formula is C11H25NO4Si. The topological polar surface area (TPSA) is 56.8 Å². The summed E-state index contributed by atoms with van der Waals surface area (Å²) in [5.74, 6) is 0. The molecule has 0 aromatic rings. The van der Waals surface area contributed by atoms with Gasteiger partial charge in [-0.05, 0) is 32.7 Å². The van der Waals surface area contributed by atoms with Crippen molar-refractivity contribution in [2.45, 2.75) is 39.7 Å². The SMILES string of the molecule is CCOC(=O)NCCC(C)[SiH](OCC)OCC. The fraction of sp³-hybridized carbons (Fsp3) is 0.909. The van der Waals surface area contributed by atoms with Crippen molar-refractivity contribution >= 4 is 15.4 Å². The summed E-state index contributed by atoms with van der Waals surface area (Å²) >= 11 is 0. The van der Waals surface area contributed by atoms with Gasteiger partial charge in [-0.2, -0.15) is 0 Å². The number of alkyl carbamates (subject to hydrolysis) is 1. The Bertz CT molecular complexity index is 198. The van der Waals surface area contributed by atoms with E-state index in [1.165, 1.54) is 0 Å². The lowest BCUT2D eigenvalue weighted by atomic mass is 10.3. The van der Waals surface area contributed by atoms with Crippen LogP contribution < -0.4 is 5.32 Å². The first-order chi connectivity index (χ1) is 8.15. The Kier molecular flexibility index (Phi) is 10.2. The quantitative estimate of drug-likeness (QED) is 0.645. The Labute approximate surface area is 106 Å². The molecule has 0 aromatic heterocycles. The van der Waals surface area contributed by atoms with Crippen LogP contribution in [0.25, 0.3) is 0 Å². The van der Waals surface area contributed by atoms with Crippen LogP contribution >= 0.6 is 0 Å². The molecule has 0 saturated carbocycles. The second kappa shape index (κ2) is 10.6. The van der Waals surface area contributed by atoms with Gasteiger partial charge in [-0.15, -0.1) is 0 Å². The number of amides is 1. The molecule has 0 heterocycles. The van der Waals surface area contributed by atoms with Crippen molar-refractivity contribution in [3.63, 3.8) is 0 Å². The summed E-state index contributed by atoms with van der Waals surface area (Å²) in [5, 5.41) is 2.70. The normalized spacial score (nSPS) is 12.5. The van der Waals surface area contributed by atoms with Gasteiger partial charge in [-0.3, -0.25) is 0 Å². The molecule has 0 aliphatic rings. The van der Waals surface area contributed by atoms with E-state index >= 15 is 0 Å². The molecule has 0 fully saturated rings. The highest BCUT2D eigenvalue weighted by atomic mass is 28.3. The minimum Gasteiger partial charge on any atom is -0.450 e. The molecule has 1 unspecified atom stereocenters. The monoisotopic (exact) mass is 263 g/mol. The number of carbonyl (C=O) groups is 1. The van der Waals surface area contributed by atoms with Gasteiger partial charge in [0.15, 0.2) is 0 Å². The molecule has 0 spiro atoms. The van der Waals surface area contributed by atoms with Gasteiger partial charge >= 0.3 is 15.4 Å². The van der Waals surface area contributed by atoms with Crippen molar-refractivity contribution < 1.29 is 18.4 Å². The maximum absolute atomic E-state index is 11.1. The second-order valence-corrected chi connectivity index (χ2v) is 6.23. The number of nitrogens with one attached hydrogen (secondary N) is 1. The predicted octanol–water partition coefficient (Wildman–Crippen LogP) is 1.81. The summed E-state index contributed by atoms with van der Waals surface area (Å²) < 4.78 is 16.0. The van der Waals surface area contributed by atoms with E-state index in [-0.39, 0.29) is 6.09 Å². The van der Waals surface area contributed by atoms with Crippen LogP contribution in [-0.4, -0.2) is 41.7 Å². The first kappa shape index (κ1) is 16.4. The third kappa shape index (κ3) is 8.17. The molecule has 0 bridgehead atoms. The Morgan fingerprint density at radius 2 is 1.76 bits per heavy atom. The van der Waals surface area contributed by atoms with Gasteiger partial charge in [-0.1, -0.05) is 6.92 Å². The van der Waals surface area contributed by atoms with Crippen molar-refractivity contribution in [1.82, 2.24) is 5.32 Å². The lowest BCUT2D eigenvalue weighted by molar-refractivity contribution is 0.151. The first-order valence-corrected chi connectivity index (χ1v) is 7.90. The highest BCUT2D eigenvalue weighted by molar-refractivity contribution is 6.46. The molecule has 1 N–H and O–H groups in total. The third-order valence-corrected chi connectivity index (χ3v) is 4.86. The summed E-state index contributed by atoms with van der Waals surface area (Å²) in [7, 11) is -1.60. The van der Waals surface area contributed by atoms with Crippen molar-refractivity contribution in [3.8, 4) is 0 Å². The lowest BCUT2D eigenvalue weighted by Crippen LogP contribution is -2.31. The number of rotatable bonds is 9. The summed E-state index contributed by atoms with van der Waals surface area (Å²) in [6.07, 6.45) is 0.501. The Balaban J connectivity index is 3.80. The van der Waals surface area contributed by atoms with E-state index in [1.807, 2.05) is 13.8 Å². The van der Waals surface area contributed by atoms with E-state index in [0.717, 1.165) is 6.42 Å². The number of hydrogen-bond donors (Lipinski definition) is 1. The zero-order chi connectivity index (χ0) is 13.1. The summed E-state index contributed by atoms with van der Waals surface area (Å²) in [6.45, 7) is 10.2. The minimum absolute atomic E-state index is 0.356. The van der Waals surface area contributed by atoms with E-state index in [9.17, 15) is 4.79 Å². The minimum atomic E-state index is -1.60. The smallest absolute Gasteiger partial charge is 0.407 e.